The summed E-state index contributed by atoms with van der Waals surface area (Å²) >= 11 is 9.14. The number of sulfonamides is 1. The van der Waals surface area contributed by atoms with Crippen LogP contribution >= 0.6 is 27.5 Å². The van der Waals surface area contributed by atoms with Gasteiger partial charge >= 0.3 is 0 Å². The van der Waals surface area contributed by atoms with Gasteiger partial charge < -0.3 is 0 Å². The Morgan fingerprint density at radius 1 is 1.28 bits per heavy atom. The Balaban J connectivity index is 2.06. The van der Waals surface area contributed by atoms with Gasteiger partial charge in [-0.05, 0) is 42.0 Å². The Hall–Kier alpha value is -1.90. The van der Waals surface area contributed by atoms with Gasteiger partial charge in [0, 0.05) is 9.50 Å². The monoisotopic (exact) mass is 443 g/mol. The summed E-state index contributed by atoms with van der Waals surface area (Å²) in [5.41, 5.74) is 3.45. The van der Waals surface area contributed by atoms with Crippen LogP contribution in [0.5, 0.6) is 0 Å². The molecule has 0 aliphatic rings. The van der Waals surface area contributed by atoms with E-state index in [0.29, 0.717) is 10.7 Å². The first-order valence-electron chi connectivity index (χ1n) is 7.06. The fourth-order valence-electron chi connectivity index (χ4n) is 1.94. The van der Waals surface area contributed by atoms with Gasteiger partial charge in [-0.25, -0.2) is 13.8 Å². The predicted octanol–water partition coefficient (Wildman–Crippen LogP) is 3.02. The van der Waals surface area contributed by atoms with Crippen molar-refractivity contribution in [3.63, 3.8) is 0 Å². The summed E-state index contributed by atoms with van der Waals surface area (Å²) in [6.45, 7) is -0.393. The van der Waals surface area contributed by atoms with Crippen molar-refractivity contribution in [2.75, 3.05) is 17.1 Å². The van der Waals surface area contributed by atoms with Crippen molar-refractivity contribution in [3.8, 4) is 0 Å². The highest BCUT2D eigenvalue weighted by Gasteiger charge is 2.20. The molecule has 0 aromatic heterocycles. The molecule has 6 nitrogen and oxygen atoms in total. The Morgan fingerprint density at radius 2 is 1.96 bits per heavy atom. The van der Waals surface area contributed by atoms with Crippen LogP contribution in [0.2, 0.25) is 5.02 Å². The van der Waals surface area contributed by atoms with Crippen LogP contribution in [0.15, 0.2) is 58.1 Å². The lowest BCUT2D eigenvalue weighted by Gasteiger charge is -2.21. The number of rotatable bonds is 6. The van der Waals surface area contributed by atoms with Crippen LogP contribution in [0.25, 0.3) is 0 Å². The molecule has 0 aliphatic carbocycles. The molecule has 132 valence electrons. The molecule has 0 fully saturated rings. The first-order valence-corrected chi connectivity index (χ1v) is 10.1. The minimum absolute atomic E-state index is 0.345. The van der Waals surface area contributed by atoms with Gasteiger partial charge in [0.05, 0.1) is 18.2 Å². The number of hydrogen-bond acceptors (Lipinski definition) is 4. The zero-order valence-corrected chi connectivity index (χ0v) is 16.3. The molecule has 0 bridgehead atoms. The van der Waals surface area contributed by atoms with E-state index in [2.05, 4.69) is 26.5 Å². The van der Waals surface area contributed by atoms with Crippen molar-refractivity contribution in [2.24, 2.45) is 5.10 Å². The van der Waals surface area contributed by atoms with E-state index >= 15 is 0 Å². The average molecular weight is 445 g/mol. The number of amides is 1. The number of anilines is 1. The van der Waals surface area contributed by atoms with Gasteiger partial charge in [0.15, 0.2) is 0 Å². The van der Waals surface area contributed by atoms with E-state index in [0.717, 1.165) is 20.6 Å². The van der Waals surface area contributed by atoms with Crippen molar-refractivity contribution < 1.29 is 13.2 Å². The average Bonchev–Trinajstić information content (AvgIpc) is 2.53. The molecule has 25 heavy (non-hydrogen) atoms. The van der Waals surface area contributed by atoms with Crippen molar-refractivity contribution in [2.45, 2.75) is 0 Å². The third-order valence-corrected chi connectivity index (χ3v) is 4.94. The van der Waals surface area contributed by atoms with E-state index < -0.39 is 22.5 Å². The number of carbonyl (C=O) groups is 1. The number of hydrogen-bond donors (Lipinski definition) is 1. The van der Waals surface area contributed by atoms with E-state index in [-0.39, 0.29) is 0 Å². The van der Waals surface area contributed by atoms with Crippen molar-refractivity contribution in [1.82, 2.24) is 5.43 Å². The van der Waals surface area contributed by atoms with E-state index in [1.165, 1.54) is 18.3 Å². The van der Waals surface area contributed by atoms with Gasteiger partial charge in [0.1, 0.15) is 6.54 Å². The molecule has 2 aromatic carbocycles. The van der Waals surface area contributed by atoms with E-state index in [4.69, 9.17) is 11.6 Å². The highest BCUT2D eigenvalue weighted by atomic mass is 79.9. The van der Waals surface area contributed by atoms with Crippen LogP contribution in [0, 0.1) is 0 Å². The fraction of sp³-hybridized carbons (Fsp3) is 0.125. The van der Waals surface area contributed by atoms with E-state index in [1.807, 2.05) is 24.3 Å². The summed E-state index contributed by atoms with van der Waals surface area (Å²) in [6, 6.07) is 13.5. The number of nitrogens with one attached hydrogen (secondary N) is 1. The Morgan fingerprint density at radius 3 is 2.56 bits per heavy atom. The quantitative estimate of drug-likeness (QED) is 0.549. The second-order valence-electron chi connectivity index (χ2n) is 5.09. The zero-order chi connectivity index (χ0) is 18.4. The summed E-state index contributed by atoms with van der Waals surface area (Å²) in [4.78, 5) is 12.0. The normalized spacial score (nSPS) is 11.5. The Kier molecular flexibility index (Phi) is 6.57. The molecule has 0 saturated carbocycles. The van der Waals surface area contributed by atoms with E-state index in [1.54, 1.807) is 12.1 Å². The number of halogens is 2. The first kappa shape index (κ1) is 19.4. The zero-order valence-electron chi connectivity index (χ0n) is 13.2. The lowest BCUT2D eigenvalue weighted by molar-refractivity contribution is -0.119. The van der Waals surface area contributed by atoms with Crippen molar-refractivity contribution in [1.29, 1.82) is 0 Å². The number of benzene rings is 2. The topological polar surface area (TPSA) is 78.8 Å². The molecular formula is C16H15BrClN3O3S. The molecular weight excluding hydrogens is 430 g/mol. The molecule has 0 spiro atoms. The molecule has 0 aliphatic heterocycles. The molecule has 0 saturated heterocycles. The second kappa shape index (κ2) is 8.46. The van der Waals surface area contributed by atoms with Crippen LogP contribution in [0.4, 0.5) is 5.69 Å². The molecule has 0 atom stereocenters. The summed E-state index contributed by atoms with van der Waals surface area (Å²) in [5, 5.41) is 4.31. The van der Waals surface area contributed by atoms with Gasteiger partial charge in [-0.1, -0.05) is 39.7 Å². The maximum absolute atomic E-state index is 12.0. The van der Waals surface area contributed by atoms with Gasteiger partial charge in [0.2, 0.25) is 10.0 Å². The number of hydrazone groups is 1. The molecule has 0 heterocycles. The predicted molar refractivity (Wildman–Crippen MR) is 104 cm³/mol. The third kappa shape index (κ3) is 6.15. The van der Waals surface area contributed by atoms with E-state index in [9.17, 15) is 13.2 Å². The molecule has 2 rings (SSSR count). The highest BCUT2D eigenvalue weighted by molar-refractivity contribution is 9.10. The largest absolute Gasteiger partial charge is 0.271 e. The minimum atomic E-state index is -3.64. The fourth-order valence-corrected chi connectivity index (χ4v) is 3.34. The first-order chi connectivity index (χ1) is 11.8. The lowest BCUT2D eigenvalue weighted by atomic mass is 10.2. The van der Waals surface area contributed by atoms with Crippen LogP contribution in [-0.2, 0) is 14.8 Å². The second-order valence-corrected chi connectivity index (χ2v) is 8.35. The van der Waals surface area contributed by atoms with Crippen LogP contribution in [0.1, 0.15) is 5.56 Å². The smallest absolute Gasteiger partial charge is 0.260 e. The maximum Gasteiger partial charge on any atom is 0.260 e. The molecule has 2 aromatic rings. The number of carbonyl (C=O) groups excluding carboxylic acids is 1. The van der Waals surface area contributed by atoms with Crippen molar-refractivity contribution in [3.05, 3.63) is 63.6 Å². The molecule has 0 unspecified atom stereocenters. The summed E-state index contributed by atoms with van der Waals surface area (Å²) in [7, 11) is -3.64. The standard InChI is InChI=1S/C16H15BrClN3O3S/c1-25(23,24)21(15-7-5-14(18)6-8-15)11-16(22)20-19-10-12-3-2-4-13(17)9-12/h2-10H,11H2,1H3,(H,20,22)/b19-10-. The van der Waals surface area contributed by atoms with Crippen LogP contribution in [-0.4, -0.2) is 33.3 Å². The minimum Gasteiger partial charge on any atom is -0.271 e. The molecule has 1 N–H and O–H groups in total. The Bertz CT molecular complexity index is 886. The van der Waals surface area contributed by atoms with Crippen molar-refractivity contribution >= 4 is 55.4 Å². The van der Waals surface area contributed by atoms with Gasteiger partial charge in [-0.15, -0.1) is 0 Å². The maximum atomic E-state index is 12.0. The van der Waals surface area contributed by atoms with Gasteiger partial charge in [0.25, 0.3) is 5.91 Å². The van der Waals surface area contributed by atoms with Crippen LogP contribution in [0.3, 0.4) is 0 Å². The summed E-state index contributed by atoms with van der Waals surface area (Å²) in [6.07, 6.45) is 2.50. The Labute approximate surface area is 159 Å². The molecule has 1 amide bonds. The number of nitrogens with zero attached hydrogens (tertiary/aromatic N) is 2. The lowest BCUT2D eigenvalue weighted by Crippen LogP contribution is -2.38. The summed E-state index contributed by atoms with van der Waals surface area (Å²) < 4.78 is 25.8. The SMILES string of the molecule is CS(=O)(=O)N(CC(=O)N/N=C\c1cccc(Br)c1)c1ccc(Cl)cc1. The van der Waals surface area contributed by atoms with Gasteiger partial charge in [-0.2, -0.15) is 5.10 Å². The highest BCUT2D eigenvalue weighted by Crippen LogP contribution is 2.20. The molecule has 0 radical (unpaired) electrons. The molecule has 9 heteroatoms. The third-order valence-electron chi connectivity index (χ3n) is 3.05. The van der Waals surface area contributed by atoms with Gasteiger partial charge in [-0.3, -0.25) is 9.10 Å². The van der Waals surface area contributed by atoms with Crippen LogP contribution < -0.4 is 9.73 Å². The summed E-state index contributed by atoms with van der Waals surface area (Å²) in [5.74, 6) is -0.563.